The van der Waals surface area contributed by atoms with Crippen molar-refractivity contribution in [3.05, 3.63) is 90.5 Å². The highest BCUT2D eigenvalue weighted by Gasteiger charge is 2.16. The van der Waals surface area contributed by atoms with E-state index in [0.29, 0.717) is 29.6 Å². The summed E-state index contributed by atoms with van der Waals surface area (Å²) in [6.07, 6.45) is 4.50. The quantitative estimate of drug-likeness (QED) is 0.402. The lowest BCUT2D eigenvalue weighted by molar-refractivity contribution is -0.113. The van der Waals surface area contributed by atoms with E-state index in [9.17, 15) is 4.79 Å². The third-order valence-corrected chi connectivity index (χ3v) is 5.41. The Morgan fingerprint density at radius 2 is 1.74 bits per heavy atom. The van der Waals surface area contributed by atoms with Gasteiger partial charge in [-0.1, -0.05) is 54.2 Å². The molecule has 158 valence electrons. The molecule has 0 fully saturated rings. The highest BCUT2D eigenvalue weighted by atomic mass is 32.2. The van der Waals surface area contributed by atoms with E-state index in [4.69, 9.17) is 4.74 Å². The molecule has 0 spiro atoms. The number of nitrogens with zero attached hydrogens (tertiary/aromatic N) is 4. The van der Waals surface area contributed by atoms with Crippen LogP contribution in [0.2, 0.25) is 0 Å². The number of anilines is 1. The van der Waals surface area contributed by atoms with Crippen molar-refractivity contribution >= 4 is 23.4 Å². The zero-order valence-electron chi connectivity index (χ0n) is 17.1. The number of amides is 1. The summed E-state index contributed by atoms with van der Waals surface area (Å²) < 4.78 is 9.43. The second-order valence-electron chi connectivity index (χ2n) is 6.70. The third kappa shape index (κ3) is 5.16. The third-order valence-electron chi connectivity index (χ3n) is 4.49. The second kappa shape index (κ2) is 9.99. The molecule has 7 nitrogen and oxygen atoms in total. The predicted octanol–water partition coefficient (Wildman–Crippen LogP) is 4.11. The van der Waals surface area contributed by atoms with Crippen LogP contribution in [0.4, 0.5) is 5.69 Å². The molecule has 0 aliphatic carbocycles. The molecule has 8 heteroatoms. The highest BCUT2D eigenvalue weighted by molar-refractivity contribution is 7.99. The number of hydrogen-bond donors (Lipinski definition) is 1. The van der Waals surface area contributed by atoms with Gasteiger partial charge in [-0.05, 0) is 36.8 Å². The van der Waals surface area contributed by atoms with Crippen LogP contribution in [0, 0.1) is 0 Å². The van der Waals surface area contributed by atoms with Crippen LogP contribution >= 0.6 is 11.8 Å². The number of benzene rings is 2. The molecule has 1 N–H and O–H groups in total. The van der Waals surface area contributed by atoms with Crippen LogP contribution in [0.3, 0.4) is 0 Å². The first-order chi connectivity index (χ1) is 15.2. The normalized spacial score (nSPS) is 10.7. The van der Waals surface area contributed by atoms with Gasteiger partial charge in [-0.3, -0.25) is 9.47 Å². The Balaban J connectivity index is 1.49. The first-order valence-corrected chi connectivity index (χ1v) is 11.0. The van der Waals surface area contributed by atoms with Gasteiger partial charge in [0.1, 0.15) is 5.75 Å². The smallest absolute Gasteiger partial charge is 0.234 e. The van der Waals surface area contributed by atoms with Gasteiger partial charge >= 0.3 is 0 Å². The average Bonchev–Trinajstić information content (AvgIpc) is 3.44. The SMILES string of the molecule is CCOc1ccccc1NC(=O)CSc1nnc(Cc2ccccc2)n1-n1cccc1. The minimum absolute atomic E-state index is 0.135. The number of hydrogen-bond acceptors (Lipinski definition) is 5. The van der Waals surface area contributed by atoms with Crippen molar-refractivity contribution in [1.29, 1.82) is 0 Å². The van der Waals surface area contributed by atoms with Crippen LogP contribution < -0.4 is 10.1 Å². The van der Waals surface area contributed by atoms with Crippen molar-refractivity contribution in [3.63, 3.8) is 0 Å². The average molecular weight is 434 g/mol. The van der Waals surface area contributed by atoms with E-state index >= 15 is 0 Å². The fraction of sp³-hybridized carbons (Fsp3) is 0.174. The van der Waals surface area contributed by atoms with E-state index in [-0.39, 0.29) is 11.7 Å². The monoisotopic (exact) mass is 433 g/mol. The summed E-state index contributed by atoms with van der Waals surface area (Å²) in [6, 6.07) is 21.4. The van der Waals surface area contributed by atoms with E-state index in [1.165, 1.54) is 11.8 Å². The molecule has 0 aliphatic rings. The van der Waals surface area contributed by atoms with Crippen molar-refractivity contribution in [2.75, 3.05) is 17.7 Å². The maximum Gasteiger partial charge on any atom is 0.234 e. The maximum absolute atomic E-state index is 12.6. The summed E-state index contributed by atoms with van der Waals surface area (Å²) in [5.41, 5.74) is 1.80. The lowest BCUT2D eigenvalue weighted by Crippen LogP contribution is -2.17. The van der Waals surface area contributed by atoms with Crippen molar-refractivity contribution in [2.24, 2.45) is 0 Å². The van der Waals surface area contributed by atoms with Crippen LogP contribution in [0.15, 0.2) is 84.3 Å². The number of aromatic nitrogens is 4. The highest BCUT2D eigenvalue weighted by Crippen LogP contribution is 2.25. The van der Waals surface area contributed by atoms with Crippen molar-refractivity contribution < 1.29 is 9.53 Å². The summed E-state index contributed by atoms with van der Waals surface area (Å²) in [6.45, 7) is 2.45. The minimum atomic E-state index is -0.135. The lowest BCUT2D eigenvalue weighted by Gasteiger charge is -2.12. The summed E-state index contributed by atoms with van der Waals surface area (Å²) in [7, 11) is 0. The zero-order chi connectivity index (χ0) is 21.5. The molecule has 0 saturated heterocycles. The summed E-state index contributed by atoms with van der Waals surface area (Å²) >= 11 is 1.34. The Labute approximate surface area is 185 Å². The number of para-hydroxylation sites is 2. The van der Waals surface area contributed by atoms with E-state index in [1.54, 1.807) is 0 Å². The van der Waals surface area contributed by atoms with Gasteiger partial charge in [-0.2, -0.15) is 0 Å². The van der Waals surface area contributed by atoms with Crippen LogP contribution in [0.1, 0.15) is 18.3 Å². The van der Waals surface area contributed by atoms with Crippen molar-refractivity contribution in [2.45, 2.75) is 18.5 Å². The molecule has 2 aromatic heterocycles. The molecule has 4 rings (SSSR count). The molecule has 31 heavy (non-hydrogen) atoms. The zero-order valence-corrected chi connectivity index (χ0v) is 18.0. The first kappa shape index (κ1) is 20.7. The molecule has 0 bridgehead atoms. The number of carbonyl (C=O) groups excluding carboxylic acids is 1. The van der Waals surface area contributed by atoms with Gasteiger partial charge in [-0.25, -0.2) is 4.68 Å². The van der Waals surface area contributed by atoms with Crippen LogP contribution in [0.25, 0.3) is 0 Å². The number of ether oxygens (including phenoxy) is 1. The first-order valence-electron chi connectivity index (χ1n) is 10.0. The molecular formula is C23H23N5O2S. The molecule has 0 unspecified atom stereocenters. The molecule has 4 aromatic rings. The second-order valence-corrected chi connectivity index (χ2v) is 7.64. The Hall–Kier alpha value is -3.52. The summed E-state index contributed by atoms with van der Waals surface area (Å²) in [5, 5.41) is 12.3. The van der Waals surface area contributed by atoms with E-state index < -0.39 is 0 Å². The number of nitrogens with one attached hydrogen (secondary N) is 1. The minimum Gasteiger partial charge on any atom is -0.492 e. The van der Waals surface area contributed by atoms with E-state index in [1.807, 2.05) is 83.3 Å². The number of carbonyl (C=O) groups is 1. The van der Waals surface area contributed by atoms with Gasteiger partial charge in [0.15, 0.2) is 5.82 Å². The standard InChI is InChI=1S/C23H23N5O2S/c1-2-30-20-13-7-6-12-19(20)24-22(29)17-31-23-26-25-21(16-18-10-4-3-5-11-18)28(23)27-14-8-9-15-27/h3-15H,2,16-17H2,1H3,(H,24,29). The molecule has 0 saturated carbocycles. The molecule has 0 aliphatic heterocycles. The van der Waals surface area contributed by atoms with E-state index in [0.717, 1.165) is 11.4 Å². The topological polar surface area (TPSA) is 74.0 Å². The Morgan fingerprint density at radius 1 is 1.00 bits per heavy atom. The molecule has 0 radical (unpaired) electrons. The van der Waals surface area contributed by atoms with Gasteiger partial charge in [0, 0.05) is 18.8 Å². The molecule has 2 aromatic carbocycles. The fourth-order valence-electron chi connectivity index (χ4n) is 3.13. The maximum atomic E-state index is 12.6. The van der Waals surface area contributed by atoms with Gasteiger partial charge in [-0.15, -0.1) is 10.2 Å². The molecular weight excluding hydrogens is 410 g/mol. The molecule has 1 amide bonds. The lowest BCUT2D eigenvalue weighted by atomic mass is 10.1. The Kier molecular flexibility index (Phi) is 6.68. The molecule has 0 atom stereocenters. The largest absolute Gasteiger partial charge is 0.492 e. The van der Waals surface area contributed by atoms with Crippen molar-refractivity contribution in [3.8, 4) is 5.75 Å². The number of thioether (sulfide) groups is 1. The number of rotatable bonds is 9. The van der Waals surface area contributed by atoms with Crippen LogP contribution in [-0.2, 0) is 11.2 Å². The fourth-order valence-corrected chi connectivity index (χ4v) is 3.89. The van der Waals surface area contributed by atoms with Gasteiger partial charge in [0.05, 0.1) is 18.0 Å². The summed E-state index contributed by atoms with van der Waals surface area (Å²) in [5.74, 6) is 1.52. The molecule has 2 heterocycles. The van der Waals surface area contributed by atoms with Gasteiger partial charge in [0.2, 0.25) is 11.1 Å². The predicted molar refractivity (Wildman–Crippen MR) is 121 cm³/mol. The summed E-state index contributed by atoms with van der Waals surface area (Å²) in [4.78, 5) is 12.6. The van der Waals surface area contributed by atoms with Gasteiger partial charge < -0.3 is 10.1 Å². The Morgan fingerprint density at radius 3 is 2.52 bits per heavy atom. The van der Waals surface area contributed by atoms with Crippen LogP contribution in [-0.4, -0.2) is 37.8 Å². The van der Waals surface area contributed by atoms with Crippen LogP contribution in [0.5, 0.6) is 5.75 Å². The van der Waals surface area contributed by atoms with E-state index in [2.05, 4.69) is 27.6 Å². The van der Waals surface area contributed by atoms with Gasteiger partial charge in [0.25, 0.3) is 0 Å². The Bertz CT molecular complexity index is 1130. The van der Waals surface area contributed by atoms with Crippen molar-refractivity contribution in [1.82, 2.24) is 19.5 Å².